The summed E-state index contributed by atoms with van der Waals surface area (Å²) in [6.07, 6.45) is 57.5. The summed E-state index contributed by atoms with van der Waals surface area (Å²) in [6, 6.07) is -0.823. The Balaban J connectivity index is 2.20. The van der Waals surface area contributed by atoms with Gasteiger partial charge in [-0.25, -0.2) is 0 Å². The summed E-state index contributed by atoms with van der Waals surface area (Å²) in [5.74, 6) is -0.186. The monoisotopic (exact) mass is 960 g/mol. The summed E-state index contributed by atoms with van der Waals surface area (Å²) in [5, 5.41) is 54.4. The van der Waals surface area contributed by atoms with Gasteiger partial charge in [0.05, 0.1) is 25.4 Å². The highest BCUT2D eigenvalue weighted by Gasteiger charge is 2.44. The van der Waals surface area contributed by atoms with Gasteiger partial charge in [-0.05, 0) is 64.2 Å². The van der Waals surface area contributed by atoms with Crippen LogP contribution in [0.2, 0.25) is 0 Å². The highest BCUT2D eigenvalue weighted by Crippen LogP contribution is 2.23. The van der Waals surface area contributed by atoms with E-state index in [1.807, 2.05) is 6.08 Å². The number of ether oxygens (including phenoxy) is 2. The molecule has 9 nitrogen and oxygen atoms in total. The van der Waals surface area contributed by atoms with Crippen LogP contribution in [-0.2, 0) is 14.3 Å². The minimum atomic E-state index is -1.57. The van der Waals surface area contributed by atoms with Crippen LogP contribution >= 0.6 is 0 Å². The maximum Gasteiger partial charge on any atom is 0.220 e. The summed E-state index contributed by atoms with van der Waals surface area (Å²) in [7, 11) is 0. The molecule has 0 spiro atoms. The zero-order chi connectivity index (χ0) is 49.4. The van der Waals surface area contributed by atoms with Gasteiger partial charge in [0.25, 0.3) is 0 Å². The van der Waals surface area contributed by atoms with Crippen molar-refractivity contribution in [1.82, 2.24) is 5.32 Å². The number of carbonyl (C=O) groups is 1. The first kappa shape index (κ1) is 64.2. The number of amides is 1. The summed E-state index contributed by atoms with van der Waals surface area (Å²) in [5.41, 5.74) is 0. The van der Waals surface area contributed by atoms with Crippen LogP contribution in [0.3, 0.4) is 0 Å². The molecule has 0 saturated carbocycles. The topological polar surface area (TPSA) is 149 Å². The van der Waals surface area contributed by atoms with Crippen molar-refractivity contribution >= 4 is 5.91 Å². The Bertz CT molecular complexity index is 1210. The van der Waals surface area contributed by atoms with Gasteiger partial charge in [0.15, 0.2) is 6.29 Å². The number of hydrogen-bond acceptors (Lipinski definition) is 8. The number of allylic oxidation sites excluding steroid dienone is 7. The van der Waals surface area contributed by atoms with E-state index >= 15 is 0 Å². The maximum atomic E-state index is 13.0. The zero-order valence-corrected chi connectivity index (χ0v) is 44.1. The molecule has 1 aliphatic rings. The molecule has 6 N–H and O–H groups in total. The summed E-state index contributed by atoms with van der Waals surface area (Å²) >= 11 is 0. The number of rotatable bonds is 49. The van der Waals surface area contributed by atoms with Crippen LogP contribution in [0.1, 0.15) is 264 Å². The Kier molecular flexibility index (Phi) is 46.0. The highest BCUT2D eigenvalue weighted by molar-refractivity contribution is 5.76. The summed E-state index contributed by atoms with van der Waals surface area (Å²) in [4.78, 5) is 13.0. The molecule has 9 heteroatoms. The second kappa shape index (κ2) is 48.8. The lowest BCUT2D eigenvalue weighted by Crippen LogP contribution is -2.60. The number of aliphatic hydroxyl groups excluding tert-OH is 5. The third kappa shape index (κ3) is 37.9. The Labute approximate surface area is 418 Å². The molecule has 1 fully saturated rings. The van der Waals surface area contributed by atoms with E-state index in [-0.39, 0.29) is 12.5 Å². The predicted octanol–water partition coefficient (Wildman–Crippen LogP) is 14.1. The molecule has 398 valence electrons. The fraction of sp³-hybridized carbons (Fsp3) is 0.847. The molecule has 7 atom stereocenters. The zero-order valence-electron chi connectivity index (χ0n) is 44.1. The molecule has 1 rings (SSSR count). The Morgan fingerprint density at radius 1 is 0.500 bits per heavy atom. The van der Waals surface area contributed by atoms with Crippen LogP contribution in [0.5, 0.6) is 0 Å². The van der Waals surface area contributed by atoms with Crippen LogP contribution in [0, 0.1) is 0 Å². The smallest absolute Gasteiger partial charge is 0.220 e. The van der Waals surface area contributed by atoms with Crippen molar-refractivity contribution < 1.29 is 39.8 Å². The predicted molar refractivity (Wildman–Crippen MR) is 286 cm³/mol. The summed E-state index contributed by atoms with van der Waals surface area (Å²) < 4.78 is 11.2. The first-order chi connectivity index (χ1) is 33.3. The van der Waals surface area contributed by atoms with Gasteiger partial charge in [-0.2, -0.15) is 0 Å². The van der Waals surface area contributed by atoms with Crippen molar-refractivity contribution in [1.29, 1.82) is 0 Å². The lowest BCUT2D eigenvalue weighted by molar-refractivity contribution is -0.302. The number of unbranched alkanes of at least 4 members (excludes halogenated alkanes) is 33. The van der Waals surface area contributed by atoms with Gasteiger partial charge < -0.3 is 40.3 Å². The normalized spacial score (nSPS) is 19.9. The van der Waals surface area contributed by atoms with E-state index in [1.54, 1.807) is 6.08 Å². The SMILES string of the molecule is CCCCCCCCCCC/C=C\C/C=C\CCCCCCCCCCCCCCCC(=O)NC(COC1OC(CO)C(O)C(O)C1O)C(O)/C=C/CC/C=C/CCCCCCCCCCCC. The minimum Gasteiger partial charge on any atom is -0.394 e. The van der Waals surface area contributed by atoms with Gasteiger partial charge >= 0.3 is 0 Å². The van der Waals surface area contributed by atoms with Crippen LogP contribution in [0.4, 0.5) is 0 Å². The first-order valence-corrected chi connectivity index (χ1v) is 28.9. The largest absolute Gasteiger partial charge is 0.394 e. The van der Waals surface area contributed by atoms with Crippen LogP contribution in [-0.4, -0.2) is 87.5 Å². The molecule has 0 aromatic carbocycles. The molecule has 7 unspecified atom stereocenters. The van der Waals surface area contributed by atoms with E-state index < -0.39 is 49.5 Å². The van der Waals surface area contributed by atoms with E-state index in [0.717, 1.165) is 44.9 Å². The number of carbonyl (C=O) groups excluding carboxylic acids is 1. The third-order valence-electron chi connectivity index (χ3n) is 13.6. The molecule has 0 aliphatic carbocycles. The number of hydrogen-bond donors (Lipinski definition) is 6. The van der Waals surface area contributed by atoms with Gasteiger partial charge in [0.1, 0.15) is 24.4 Å². The molecule has 0 bridgehead atoms. The number of nitrogens with one attached hydrogen (secondary N) is 1. The van der Waals surface area contributed by atoms with E-state index in [0.29, 0.717) is 6.42 Å². The quantitative estimate of drug-likeness (QED) is 0.0261. The van der Waals surface area contributed by atoms with E-state index in [9.17, 15) is 30.3 Å². The van der Waals surface area contributed by atoms with Crippen molar-refractivity contribution in [2.24, 2.45) is 0 Å². The molecule has 1 amide bonds. The van der Waals surface area contributed by atoms with Gasteiger partial charge in [-0.1, -0.05) is 242 Å². The van der Waals surface area contributed by atoms with Gasteiger partial charge in [-0.15, -0.1) is 0 Å². The molecular weight excluding hydrogens is 851 g/mol. The maximum absolute atomic E-state index is 13.0. The van der Waals surface area contributed by atoms with Crippen molar-refractivity contribution in [3.05, 3.63) is 48.6 Å². The van der Waals surface area contributed by atoms with Crippen LogP contribution < -0.4 is 5.32 Å². The molecular formula is C59H109NO8. The molecule has 0 aromatic rings. The Morgan fingerprint density at radius 2 is 0.882 bits per heavy atom. The van der Waals surface area contributed by atoms with E-state index in [4.69, 9.17) is 9.47 Å². The van der Waals surface area contributed by atoms with Crippen molar-refractivity contribution in [3.63, 3.8) is 0 Å². The minimum absolute atomic E-state index is 0.186. The average Bonchev–Trinajstić information content (AvgIpc) is 3.34. The lowest BCUT2D eigenvalue weighted by Gasteiger charge is -2.40. The molecule has 0 aromatic heterocycles. The van der Waals surface area contributed by atoms with Gasteiger partial charge in [-0.3, -0.25) is 4.79 Å². The molecule has 0 radical (unpaired) electrons. The fourth-order valence-corrected chi connectivity index (χ4v) is 9.03. The van der Waals surface area contributed by atoms with Crippen molar-refractivity contribution in [2.75, 3.05) is 13.2 Å². The summed E-state index contributed by atoms with van der Waals surface area (Å²) in [6.45, 7) is 3.77. The highest BCUT2D eigenvalue weighted by atomic mass is 16.7. The van der Waals surface area contributed by atoms with Crippen molar-refractivity contribution in [3.8, 4) is 0 Å². The van der Waals surface area contributed by atoms with Crippen LogP contribution in [0.25, 0.3) is 0 Å². The fourth-order valence-electron chi connectivity index (χ4n) is 9.03. The first-order valence-electron chi connectivity index (χ1n) is 28.9. The number of aliphatic hydroxyl groups is 5. The Hall–Kier alpha value is -1.85. The van der Waals surface area contributed by atoms with E-state index in [1.165, 1.54) is 199 Å². The van der Waals surface area contributed by atoms with Crippen LogP contribution in [0.15, 0.2) is 48.6 Å². The van der Waals surface area contributed by atoms with E-state index in [2.05, 4.69) is 55.6 Å². The second-order valence-corrected chi connectivity index (χ2v) is 20.1. The van der Waals surface area contributed by atoms with Gasteiger partial charge in [0.2, 0.25) is 5.91 Å². The second-order valence-electron chi connectivity index (χ2n) is 20.1. The lowest BCUT2D eigenvalue weighted by atomic mass is 9.99. The van der Waals surface area contributed by atoms with Crippen molar-refractivity contribution in [2.45, 2.75) is 307 Å². The molecule has 1 heterocycles. The third-order valence-corrected chi connectivity index (χ3v) is 13.6. The molecule has 68 heavy (non-hydrogen) atoms. The Morgan fingerprint density at radius 3 is 1.32 bits per heavy atom. The molecule has 1 saturated heterocycles. The van der Waals surface area contributed by atoms with Gasteiger partial charge in [0, 0.05) is 6.42 Å². The molecule has 1 aliphatic heterocycles. The standard InChI is InChI=1S/C59H109NO8/c1-3-5-7-9-11-13-15-17-19-21-22-23-24-25-26-27-28-29-30-31-32-33-35-37-39-41-43-45-47-49-55(63)60-52(51-67-59-58(66)57(65)56(64)54(50-61)68-59)53(62)48-46-44-42-40-38-36-34-20-18-16-14-12-10-8-6-4-2/h22-23,25-26,38,40,46,48,52-54,56-59,61-62,64-66H,3-21,24,27-37,39,41-45,47,49-51H2,1-2H3,(H,60,63)/b23-22-,26-25-,40-38+,48-46+. The average molecular weight is 961 g/mol.